The number of hydrogen-bond acceptors (Lipinski definition) is 6. The Kier molecular flexibility index (Phi) is 4.68. The maximum absolute atomic E-state index is 11.9. The van der Waals surface area contributed by atoms with Crippen molar-refractivity contribution in [3.05, 3.63) is 15.6 Å². The molecule has 0 amide bonds. The Morgan fingerprint density at radius 3 is 3.06 bits per heavy atom. The number of hydrogen-bond donors (Lipinski definition) is 1. The van der Waals surface area contributed by atoms with Crippen LogP contribution in [0, 0.1) is 6.92 Å². The number of carbonyl (C=O) groups is 1. The molecule has 1 aromatic heterocycles. The molecule has 2 heterocycles. The van der Waals surface area contributed by atoms with E-state index in [1.165, 1.54) is 11.3 Å². The highest BCUT2D eigenvalue weighted by Crippen LogP contribution is 2.19. The van der Waals surface area contributed by atoms with E-state index in [4.69, 9.17) is 15.2 Å². The number of aromatic nitrogens is 1. The van der Waals surface area contributed by atoms with Crippen LogP contribution in [0.2, 0.25) is 0 Å². The zero-order valence-electron chi connectivity index (χ0n) is 10.5. The van der Waals surface area contributed by atoms with Crippen LogP contribution in [0.25, 0.3) is 0 Å². The topological polar surface area (TPSA) is 74.4 Å². The molecule has 1 fully saturated rings. The Morgan fingerprint density at radius 2 is 2.44 bits per heavy atom. The number of thiazole rings is 1. The molecule has 0 aromatic carbocycles. The second-order valence-electron chi connectivity index (χ2n) is 4.31. The monoisotopic (exact) mass is 270 g/mol. The van der Waals surface area contributed by atoms with E-state index in [1.54, 1.807) is 6.92 Å². The van der Waals surface area contributed by atoms with Crippen molar-refractivity contribution in [1.29, 1.82) is 0 Å². The number of aryl methyl sites for hydroxylation is 1. The summed E-state index contributed by atoms with van der Waals surface area (Å²) in [4.78, 5) is 16.6. The van der Waals surface area contributed by atoms with Crippen molar-refractivity contribution >= 4 is 17.3 Å². The van der Waals surface area contributed by atoms with Gasteiger partial charge in [0.25, 0.3) is 0 Å². The fourth-order valence-electron chi connectivity index (χ4n) is 1.90. The maximum Gasteiger partial charge on any atom is 0.350 e. The van der Waals surface area contributed by atoms with Crippen LogP contribution in [0.5, 0.6) is 0 Å². The highest BCUT2D eigenvalue weighted by atomic mass is 32.1. The van der Waals surface area contributed by atoms with Gasteiger partial charge < -0.3 is 15.2 Å². The molecule has 0 spiro atoms. The lowest BCUT2D eigenvalue weighted by Gasteiger charge is -2.21. The fraction of sp³-hybridized carbons (Fsp3) is 0.667. The van der Waals surface area contributed by atoms with Crippen molar-refractivity contribution in [1.82, 2.24) is 4.98 Å². The molecular formula is C12H18N2O3S. The zero-order valence-corrected chi connectivity index (χ0v) is 11.3. The van der Waals surface area contributed by atoms with Crippen LogP contribution in [-0.4, -0.2) is 30.3 Å². The molecule has 1 saturated heterocycles. The van der Waals surface area contributed by atoms with Crippen molar-refractivity contribution < 1.29 is 14.3 Å². The van der Waals surface area contributed by atoms with Crippen LogP contribution in [-0.2, 0) is 16.0 Å². The molecule has 5 nitrogen and oxygen atoms in total. The van der Waals surface area contributed by atoms with Crippen molar-refractivity contribution in [2.24, 2.45) is 5.73 Å². The van der Waals surface area contributed by atoms with E-state index in [1.807, 2.05) is 0 Å². The van der Waals surface area contributed by atoms with Gasteiger partial charge in [-0.05, 0) is 26.2 Å². The van der Waals surface area contributed by atoms with Gasteiger partial charge in [-0.1, -0.05) is 0 Å². The maximum atomic E-state index is 11.9. The summed E-state index contributed by atoms with van der Waals surface area (Å²) in [6.45, 7) is 3.24. The molecule has 1 unspecified atom stereocenters. The SMILES string of the molecule is Cc1nc(CN)sc1C(=O)OCC1CCCCO1. The highest BCUT2D eigenvalue weighted by molar-refractivity contribution is 7.13. The van der Waals surface area contributed by atoms with E-state index >= 15 is 0 Å². The number of ether oxygens (including phenoxy) is 2. The first-order valence-electron chi connectivity index (χ1n) is 6.16. The zero-order chi connectivity index (χ0) is 13.0. The molecule has 6 heteroatoms. The van der Waals surface area contributed by atoms with E-state index in [0.717, 1.165) is 30.9 Å². The van der Waals surface area contributed by atoms with Gasteiger partial charge in [0.05, 0.1) is 11.8 Å². The lowest BCUT2D eigenvalue weighted by atomic mass is 10.1. The van der Waals surface area contributed by atoms with E-state index < -0.39 is 0 Å². The summed E-state index contributed by atoms with van der Waals surface area (Å²) in [5.41, 5.74) is 6.19. The molecule has 18 heavy (non-hydrogen) atoms. The highest BCUT2D eigenvalue weighted by Gasteiger charge is 2.20. The minimum Gasteiger partial charge on any atom is -0.459 e. The van der Waals surface area contributed by atoms with Crippen LogP contribution < -0.4 is 5.73 Å². The summed E-state index contributed by atoms with van der Waals surface area (Å²) in [5, 5.41) is 0.758. The summed E-state index contributed by atoms with van der Waals surface area (Å²) >= 11 is 1.30. The number of carbonyl (C=O) groups excluding carboxylic acids is 1. The predicted octanol–water partition coefficient (Wildman–Crippen LogP) is 1.64. The van der Waals surface area contributed by atoms with Gasteiger partial charge >= 0.3 is 5.97 Å². The van der Waals surface area contributed by atoms with Crippen LogP contribution in [0.1, 0.15) is 39.6 Å². The molecule has 0 radical (unpaired) electrons. The van der Waals surface area contributed by atoms with Gasteiger partial charge in [0.2, 0.25) is 0 Å². The van der Waals surface area contributed by atoms with Crippen LogP contribution in [0.15, 0.2) is 0 Å². The van der Waals surface area contributed by atoms with Gasteiger partial charge in [-0.25, -0.2) is 9.78 Å². The molecule has 1 aromatic rings. The molecule has 2 rings (SSSR count). The Balaban J connectivity index is 1.88. The Morgan fingerprint density at radius 1 is 1.61 bits per heavy atom. The molecule has 2 N–H and O–H groups in total. The van der Waals surface area contributed by atoms with Gasteiger partial charge in [-0.3, -0.25) is 0 Å². The molecule has 0 saturated carbocycles. The van der Waals surface area contributed by atoms with Gasteiger partial charge in [-0.15, -0.1) is 11.3 Å². The largest absolute Gasteiger partial charge is 0.459 e. The first-order chi connectivity index (χ1) is 8.70. The summed E-state index contributed by atoms with van der Waals surface area (Å²) in [7, 11) is 0. The first-order valence-corrected chi connectivity index (χ1v) is 6.97. The number of nitrogens with zero attached hydrogens (tertiary/aromatic N) is 1. The van der Waals surface area contributed by atoms with Crippen molar-refractivity contribution in [2.45, 2.75) is 38.8 Å². The summed E-state index contributed by atoms with van der Waals surface area (Å²) in [5.74, 6) is -0.320. The van der Waals surface area contributed by atoms with E-state index in [2.05, 4.69) is 4.98 Å². The van der Waals surface area contributed by atoms with E-state index in [9.17, 15) is 4.79 Å². The Hall–Kier alpha value is -0.980. The van der Waals surface area contributed by atoms with Gasteiger partial charge in [0, 0.05) is 13.2 Å². The normalized spacial score (nSPS) is 19.8. The number of nitrogens with two attached hydrogens (primary N) is 1. The molecule has 100 valence electrons. The third kappa shape index (κ3) is 3.28. The molecule has 1 atom stereocenters. The Bertz CT molecular complexity index is 413. The van der Waals surface area contributed by atoms with Crippen molar-refractivity contribution in [2.75, 3.05) is 13.2 Å². The first kappa shape index (κ1) is 13.5. The average molecular weight is 270 g/mol. The van der Waals surface area contributed by atoms with Gasteiger partial charge in [0.1, 0.15) is 16.5 Å². The molecule has 0 aliphatic carbocycles. The minimum atomic E-state index is -0.320. The lowest BCUT2D eigenvalue weighted by molar-refractivity contribution is -0.0298. The predicted molar refractivity (Wildman–Crippen MR) is 68.6 cm³/mol. The second-order valence-corrected chi connectivity index (χ2v) is 5.40. The average Bonchev–Trinajstić information content (AvgIpc) is 2.78. The quantitative estimate of drug-likeness (QED) is 0.842. The lowest BCUT2D eigenvalue weighted by Crippen LogP contribution is -2.25. The minimum absolute atomic E-state index is 0.0462. The summed E-state index contributed by atoms with van der Waals surface area (Å²) in [6, 6.07) is 0. The van der Waals surface area contributed by atoms with Gasteiger partial charge in [-0.2, -0.15) is 0 Å². The van der Waals surface area contributed by atoms with E-state index in [-0.39, 0.29) is 12.1 Å². The number of esters is 1. The van der Waals surface area contributed by atoms with Crippen molar-refractivity contribution in [3.8, 4) is 0 Å². The molecular weight excluding hydrogens is 252 g/mol. The standard InChI is InChI=1S/C12H18N2O3S/c1-8-11(18-10(6-13)14-8)12(15)17-7-9-4-2-3-5-16-9/h9H,2-7,13H2,1H3. The van der Waals surface area contributed by atoms with Gasteiger partial charge in [0.15, 0.2) is 0 Å². The van der Waals surface area contributed by atoms with Crippen LogP contribution >= 0.6 is 11.3 Å². The van der Waals surface area contributed by atoms with E-state index in [0.29, 0.717) is 23.7 Å². The van der Waals surface area contributed by atoms with Crippen LogP contribution in [0.4, 0.5) is 0 Å². The Labute approximate surface area is 110 Å². The van der Waals surface area contributed by atoms with Crippen LogP contribution in [0.3, 0.4) is 0 Å². The smallest absolute Gasteiger partial charge is 0.350 e. The third-order valence-electron chi connectivity index (χ3n) is 2.88. The van der Waals surface area contributed by atoms with Crippen molar-refractivity contribution in [3.63, 3.8) is 0 Å². The summed E-state index contributed by atoms with van der Waals surface area (Å²) < 4.78 is 10.8. The fourth-order valence-corrected chi connectivity index (χ4v) is 2.74. The molecule has 1 aliphatic heterocycles. The summed E-state index contributed by atoms with van der Waals surface area (Å²) in [6.07, 6.45) is 3.24. The molecule has 1 aliphatic rings. The number of rotatable bonds is 4. The molecule has 0 bridgehead atoms. The third-order valence-corrected chi connectivity index (χ3v) is 4.03. The second kappa shape index (κ2) is 6.26.